The van der Waals surface area contributed by atoms with Crippen molar-refractivity contribution in [2.45, 2.75) is 17.9 Å². The van der Waals surface area contributed by atoms with E-state index in [-0.39, 0.29) is 10.8 Å². The van der Waals surface area contributed by atoms with Crippen molar-refractivity contribution in [3.63, 3.8) is 0 Å². The van der Waals surface area contributed by atoms with Gasteiger partial charge in [0.1, 0.15) is 0 Å². The number of morpholine rings is 1. The van der Waals surface area contributed by atoms with Gasteiger partial charge < -0.3 is 15.0 Å². The molecular formula is C26H27N3O4S. The Balaban J connectivity index is 1.29. The molecule has 1 N–H and O–H groups in total. The summed E-state index contributed by atoms with van der Waals surface area (Å²) >= 11 is 0. The van der Waals surface area contributed by atoms with Gasteiger partial charge >= 0.3 is 0 Å². The van der Waals surface area contributed by atoms with Gasteiger partial charge in [0.25, 0.3) is 5.91 Å². The summed E-state index contributed by atoms with van der Waals surface area (Å²) in [5, 5.41) is 2.87. The van der Waals surface area contributed by atoms with E-state index in [1.807, 2.05) is 48.5 Å². The van der Waals surface area contributed by atoms with Gasteiger partial charge in [-0.05, 0) is 60.0 Å². The van der Waals surface area contributed by atoms with Crippen molar-refractivity contribution in [3.05, 3.63) is 89.5 Å². The van der Waals surface area contributed by atoms with Crippen molar-refractivity contribution in [3.8, 4) is 0 Å². The molecule has 0 atom stereocenters. The highest BCUT2D eigenvalue weighted by atomic mass is 32.2. The van der Waals surface area contributed by atoms with Crippen molar-refractivity contribution in [1.29, 1.82) is 0 Å². The molecule has 1 fully saturated rings. The highest BCUT2D eigenvalue weighted by Gasteiger charge is 2.28. The van der Waals surface area contributed by atoms with E-state index in [0.717, 1.165) is 24.3 Å². The summed E-state index contributed by atoms with van der Waals surface area (Å²) in [6, 6.07) is 21.8. The number of hydrogen-bond donors (Lipinski definition) is 1. The van der Waals surface area contributed by atoms with Crippen LogP contribution in [0.2, 0.25) is 0 Å². The standard InChI is InChI=1S/C26H27N3O4S/c30-26(27-23-8-10-24(11-9-23)28-14-16-33-17-15-28)21-6-3-7-25(18-21)34(31,32)29-13-12-20-4-1-2-5-22(20)19-29/h1-11,18H,12-17,19H2,(H,27,30). The number of nitrogens with zero attached hydrogens (tertiary/aromatic N) is 2. The lowest BCUT2D eigenvalue weighted by atomic mass is 10.0. The second-order valence-electron chi connectivity index (χ2n) is 8.49. The van der Waals surface area contributed by atoms with E-state index in [4.69, 9.17) is 4.74 Å². The monoisotopic (exact) mass is 477 g/mol. The first-order valence-electron chi connectivity index (χ1n) is 11.4. The molecule has 5 rings (SSSR count). The van der Waals surface area contributed by atoms with Gasteiger partial charge in [-0.3, -0.25) is 4.79 Å². The number of benzene rings is 3. The fraction of sp³-hybridized carbons (Fsp3) is 0.269. The van der Waals surface area contributed by atoms with Crippen molar-refractivity contribution >= 4 is 27.3 Å². The number of hydrogen-bond acceptors (Lipinski definition) is 5. The van der Waals surface area contributed by atoms with Gasteiger partial charge in [0.15, 0.2) is 0 Å². The summed E-state index contributed by atoms with van der Waals surface area (Å²) in [4.78, 5) is 15.2. The van der Waals surface area contributed by atoms with Gasteiger partial charge in [0, 0.05) is 43.1 Å². The number of nitrogens with one attached hydrogen (secondary N) is 1. The zero-order valence-electron chi connectivity index (χ0n) is 18.8. The van der Waals surface area contributed by atoms with Crippen LogP contribution in [0.15, 0.2) is 77.7 Å². The Morgan fingerprint density at radius 2 is 1.59 bits per heavy atom. The van der Waals surface area contributed by atoms with Gasteiger partial charge in [0.2, 0.25) is 10.0 Å². The van der Waals surface area contributed by atoms with E-state index >= 15 is 0 Å². The third-order valence-electron chi connectivity index (χ3n) is 6.33. The zero-order chi connectivity index (χ0) is 23.5. The minimum Gasteiger partial charge on any atom is -0.378 e. The molecule has 2 aliphatic heterocycles. The highest BCUT2D eigenvalue weighted by molar-refractivity contribution is 7.89. The second kappa shape index (κ2) is 9.58. The van der Waals surface area contributed by atoms with Crippen LogP contribution in [0.3, 0.4) is 0 Å². The predicted molar refractivity (Wildman–Crippen MR) is 132 cm³/mol. The number of carbonyl (C=O) groups is 1. The first-order valence-corrected chi connectivity index (χ1v) is 12.9. The molecule has 0 aromatic heterocycles. The van der Waals surface area contributed by atoms with Gasteiger partial charge in [-0.25, -0.2) is 8.42 Å². The van der Waals surface area contributed by atoms with Crippen molar-refractivity contribution in [1.82, 2.24) is 4.31 Å². The summed E-state index contributed by atoms with van der Waals surface area (Å²) in [5.74, 6) is -0.347. The molecule has 3 aromatic carbocycles. The predicted octanol–water partition coefficient (Wildman–Crippen LogP) is 3.52. The van der Waals surface area contributed by atoms with Crippen LogP contribution >= 0.6 is 0 Å². The second-order valence-corrected chi connectivity index (χ2v) is 10.4. The summed E-state index contributed by atoms with van der Waals surface area (Å²) in [6.07, 6.45) is 0.677. The molecule has 0 spiro atoms. The van der Waals surface area contributed by atoms with Gasteiger partial charge in [-0.15, -0.1) is 0 Å². The minimum absolute atomic E-state index is 0.127. The van der Waals surface area contributed by atoms with Crippen molar-refractivity contribution < 1.29 is 17.9 Å². The van der Waals surface area contributed by atoms with Crippen LogP contribution in [-0.2, 0) is 27.7 Å². The molecule has 3 aromatic rings. The molecule has 2 aliphatic rings. The van der Waals surface area contributed by atoms with Gasteiger partial charge in [-0.2, -0.15) is 4.31 Å². The Morgan fingerprint density at radius 3 is 2.35 bits per heavy atom. The number of fused-ring (bicyclic) bond motifs is 1. The molecule has 1 amide bonds. The van der Waals surface area contributed by atoms with Crippen LogP contribution in [0.25, 0.3) is 0 Å². The summed E-state index contributed by atoms with van der Waals surface area (Å²) < 4.78 is 33.5. The van der Waals surface area contributed by atoms with Crippen LogP contribution in [0, 0.1) is 0 Å². The average molecular weight is 478 g/mol. The molecule has 0 bridgehead atoms. The highest BCUT2D eigenvalue weighted by Crippen LogP contribution is 2.26. The molecule has 0 unspecified atom stereocenters. The number of amides is 1. The molecule has 7 nitrogen and oxygen atoms in total. The molecule has 0 saturated carbocycles. The number of ether oxygens (including phenoxy) is 1. The van der Waals surface area contributed by atoms with Crippen molar-refractivity contribution in [2.75, 3.05) is 43.1 Å². The molecule has 0 radical (unpaired) electrons. The third-order valence-corrected chi connectivity index (χ3v) is 8.17. The number of carbonyl (C=O) groups excluding carboxylic acids is 1. The minimum atomic E-state index is -3.71. The van der Waals surface area contributed by atoms with Crippen LogP contribution < -0.4 is 10.2 Å². The lowest BCUT2D eigenvalue weighted by Crippen LogP contribution is -2.36. The van der Waals surface area contributed by atoms with Crippen LogP contribution in [-0.4, -0.2) is 51.5 Å². The van der Waals surface area contributed by atoms with E-state index in [0.29, 0.717) is 44.0 Å². The summed E-state index contributed by atoms with van der Waals surface area (Å²) in [7, 11) is -3.71. The lowest BCUT2D eigenvalue weighted by molar-refractivity contribution is 0.102. The average Bonchev–Trinajstić information content (AvgIpc) is 2.89. The Kier molecular flexibility index (Phi) is 6.36. The molecule has 34 heavy (non-hydrogen) atoms. The number of rotatable bonds is 5. The van der Waals surface area contributed by atoms with Crippen LogP contribution in [0.4, 0.5) is 11.4 Å². The largest absolute Gasteiger partial charge is 0.378 e. The normalized spacial score (nSPS) is 16.6. The van der Waals surface area contributed by atoms with Crippen LogP contribution in [0.5, 0.6) is 0 Å². The molecule has 176 valence electrons. The fourth-order valence-corrected chi connectivity index (χ4v) is 5.87. The van der Waals surface area contributed by atoms with Crippen molar-refractivity contribution in [2.24, 2.45) is 0 Å². The maximum Gasteiger partial charge on any atom is 0.255 e. The molecular weight excluding hydrogens is 450 g/mol. The first kappa shape index (κ1) is 22.6. The molecule has 0 aliphatic carbocycles. The Morgan fingerprint density at radius 1 is 0.853 bits per heavy atom. The topological polar surface area (TPSA) is 79.0 Å². The smallest absolute Gasteiger partial charge is 0.255 e. The number of sulfonamides is 1. The van der Waals surface area contributed by atoms with E-state index in [1.54, 1.807) is 18.2 Å². The molecule has 8 heteroatoms. The maximum absolute atomic E-state index is 13.3. The quantitative estimate of drug-likeness (QED) is 0.608. The Hall–Kier alpha value is -3.20. The van der Waals surface area contributed by atoms with E-state index < -0.39 is 10.0 Å². The van der Waals surface area contributed by atoms with Gasteiger partial charge in [0.05, 0.1) is 18.1 Å². The summed E-state index contributed by atoms with van der Waals surface area (Å²) in [6.45, 7) is 3.87. The summed E-state index contributed by atoms with van der Waals surface area (Å²) in [5.41, 5.74) is 4.24. The van der Waals surface area contributed by atoms with Crippen LogP contribution in [0.1, 0.15) is 21.5 Å². The SMILES string of the molecule is O=C(Nc1ccc(N2CCOCC2)cc1)c1cccc(S(=O)(=O)N2CCc3ccccc3C2)c1. The van der Waals surface area contributed by atoms with E-state index in [2.05, 4.69) is 10.2 Å². The molecule has 1 saturated heterocycles. The number of anilines is 2. The van der Waals surface area contributed by atoms with Gasteiger partial charge in [-0.1, -0.05) is 30.3 Å². The zero-order valence-corrected chi connectivity index (χ0v) is 19.6. The Labute approximate surface area is 200 Å². The fourth-order valence-electron chi connectivity index (χ4n) is 4.40. The Bertz CT molecular complexity index is 1290. The van der Waals surface area contributed by atoms with E-state index in [9.17, 15) is 13.2 Å². The van der Waals surface area contributed by atoms with E-state index in [1.165, 1.54) is 15.9 Å². The first-order chi connectivity index (χ1) is 16.5. The molecule has 2 heterocycles. The maximum atomic E-state index is 13.3. The lowest BCUT2D eigenvalue weighted by Gasteiger charge is -2.28. The third kappa shape index (κ3) is 4.70.